The van der Waals surface area contributed by atoms with Crippen molar-refractivity contribution in [3.05, 3.63) is 41.7 Å². The number of para-hydroxylation sites is 1. The number of likely N-dealkylation sites (N-methyl/N-ethyl adjacent to an activating group) is 1. The molecule has 0 bridgehead atoms. The van der Waals surface area contributed by atoms with E-state index in [1.54, 1.807) is 0 Å². The molecule has 1 atom stereocenters. The molecule has 2 aromatic rings. The summed E-state index contributed by atoms with van der Waals surface area (Å²) in [6.45, 7) is 6.15. The zero-order valence-corrected chi connectivity index (χ0v) is 14.0. The third-order valence-electron chi connectivity index (χ3n) is 5.35. The molecule has 0 radical (unpaired) electrons. The molecule has 0 saturated carbocycles. The summed E-state index contributed by atoms with van der Waals surface area (Å²) in [6, 6.07) is 8.43. The number of allylic oxidation sites excluding steroid dienone is 1. The number of nitrogens with zero attached hydrogens (tertiary/aromatic N) is 2. The van der Waals surface area contributed by atoms with Crippen LogP contribution in [-0.2, 0) is 0 Å². The van der Waals surface area contributed by atoms with Crippen molar-refractivity contribution < 1.29 is 4.42 Å². The quantitative estimate of drug-likeness (QED) is 0.779. The number of hydrogen-bond acceptors (Lipinski definition) is 3. The second-order valence-electron chi connectivity index (χ2n) is 6.98. The average molecular weight is 310 g/mol. The predicted octanol–water partition coefficient (Wildman–Crippen LogP) is 3.96. The lowest BCUT2D eigenvalue weighted by Gasteiger charge is -2.32. The predicted molar refractivity (Wildman–Crippen MR) is 95.8 cm³/mol. The van der Waals surface area contributed by atoms with Crippen molar-refractivity contribution >= 4 is 17.0 Å². The molecular formula is C20H26N2O. The summed E-state index contributed by atoms with van der Waals surface area (Å²) in [4.78, 5) is 5.04. The van der Waals surface area contributed by atoms with Crippen LogP contribution in [0.5, 0.6) is 0 Å². The fourth-order valence-corrected chi connectivity index (χ4v) is 3.90. The normalized spacial score (nSPS) is 22.0. The van der Waals surface area contributed by atoms with E-state index in [4.69, 9.17) is 4.42 Å². The van der Waals surface area contributed by atoms with Crippen molar-refractivity contribution in [1.29, 1.82) is 0 Å². The second kappa shape index (κ2) is 6.50. The van der Waals surface area contributed by atoms with Crippen molar-refractivity contribution in [2.45, 2.75) is 25.2 Å². The average Bonchev–Trinajstić information content (AvgIpc) is 3.13. The van der Waals surface area contributed by atoms with Gasteiger partial charge in [0.15, 0.2) is 0 Å². The summed E-state index contributed by atoms with van der Waals surface area (Å²) in [5, 5.41) is 1.30. The molecule has 1 unspecified atom stereocenters. The Morgan fingerprint density at radius 3 is 2.78 bits per heavy atom. The van der Waals surface area contributed by atoms with E-state index < -0.39 is 0 Å². The van der Waals surface area contributed by atoms with Crippen molar-refractivity contribution in [2.24, 2.45) is 0 Å². The van der Waals surface area contributed by atoms with Crippen LogP contribution in [0.2, 0.25) is 0 Å². The van der Waals surface area contributed by atoms with E-state index in [1.165, 1.54) is 62.9 Å². The number of benzene rings is 1. The van der Waals surface area contributed by atoms with Crippen LogP contribution < -0.4 is 0 Å². The van der Waals surface area contributed by atoms with Gasteiger partial charge in [0, 0.05) is 43.0 Å². The highest BCUT2D eigenvalue weighted by atomic mass is 16.3. The molecule has 3 heteroatoms. The third kappa shape index (κ3) is 3.08. The van der Waals surface area contributed by atoms with Gasteiger partial charge < -0.3 is 14.2 Å². The maximum atomic E-state index is 5.95. The highest BCUT2D eigenvalue weighted by Gasteiger charge is 2.23. The van der Waals surface area contributed by atoms with Gasteiger partial charge in [0.1, 0.15) is 11.3 Å². The Hall–Kier alpha value is -1.58. The van der Waals surface area contributed by atoms with Crippen molar-refractivity contribution in [3.63, 3.8) is 0 Å². The highest BCUT2D eigenvalue weighted by molar-refractivity contribution is 5.87. The Balaban J connectivity index is 1.31. The van der Waals surface area contributed by atoms with Crippen LogP contribution in [0.3, 0.4) is 0 Å². The maximum absolute atomic E-state index is 5.95. The summed E-state index contributed by atoms with van der Waals surface area (Å²) < 4.78 is 5.95. The molecule has 1 saturated heterocycles. The molecule has 1 fully saturated rings. The van der Waals surface area contributed by atoms with Crippen LogP contribution in [0.25, 0.3) is 17.0 Å². The van der Waals surface area contributed by atoms with E-state index in [-0.39, 0.29) is 0 Å². The summed E-state index contributed by atoms with van der Waals surface area (Å²) in [6.07, 6.45) is 8.33. The number of hydrogen-bond donors (Lipinski definition) is 0. The van der Waals surface area contributed by atoms with Gasteiger partial charge >= 0.3 is 0 Å². The Labute approximate surface area is 138 Å². The lowest BCUT2D eigenvalue weighted by molar-refractivity contribution is 0.152. The Bertz CT molecular complexity index is 695. The molecule has 4 rings (SSSR count). The molecule has 3 nitrogen and oxygen atoms in total. The summed E-state index contributed by atoms with van der Waals surface area (Å²) in [7, 11) is 2.22. The molecule has 23 heavy (non-hydrogen) atoms. The minimum absolute atomic E-state index is 0.543. The van der Waals surface area contributed by atoms with Crippen molar-refractivity contribution in [1.82, 2.24) is 9.80 Å². The summed E-state index contributed by atoms with van der Waals surface area (Å²) in [5.74, 6) is 1.62. The van der Waals surface area contributed by atoms with Gasteiger partial charge in [-0.1, -0.05) is 30.7 Å². The fraction of sp³-hybridized carbons (Fsp3) is 0.500. The Morgan fingerprint density at radius 1 is 1.09 bits per heavy atom. The minimum Gasteiger partial charge on any atom is -0.456 e. The smallest absolute Gasteiger partial charge is 0.135 e. The van der Waals surface area contributed by atoms with Crippen molar-refractivity contribution in [3.8, 4) is 0 Å². The van der Waals surface area contributed by atoms with Gasteiger partial charge in [-0.25, -0.2) is 0 Å². The molecule has 1 aliphatic heterocycles. The molecular weight excluding hydrogens is 284 g/mol. The van der Waals surface area contributed by atoms with Gasteiger partial charge in [0.25, 0.3) is 0 Å². The maximum Gasteiger partial charge on any atom is 0.135 e. The Morgan fingerprint density at radius 2 is 1.91 bits per heavy atom. The molecule has 0 N–H and O–H groups in total. The van der Waals surface area contributed by atoms with Crippen LogP contribution in [-0.4, -0.2) is 49.6 Å². The number of unbranched alkanes of at least 4 members (excludes halogenated alkanes) is 1. The van der Waals surface area contributed by atoms with Crippen LogP contribution >= 0.6 is 0 Å². The van der Waals surface area contributed by atoms with E-state index in [9.17, 15) is 0 Å². The topological polar surface area (TPSA) is 19.6 Å². The molecule has 1 aromatic carbocycles. The van der Waals surface area contributed by atoms with Gasteiger partial charge in [-0.15, -0.1) is 0 Å². The van der Waals surface area contributed by atoms with Crippen molar-refractivity contribution in [2.75, 3.05) is 39.8 Å². The van der Waals surface area contributed by atoms with Gasteiger partial charge in [0.2, 0.25) is 0 Å². The fourth-order valence-electron chi connectivity index (χ4n) is 3.90. The molecule has 122 valence electrons. The zero-order valence-electron chi connectivity index (χ0n) is 14.0. The minimum atomic E-state index is 0.543. The van der Waals surface area contributed by atoms with Crippen LogP contribution in [0, 0.1) is 0 Å². The summed E-state index contributed by atoms with van der Waals surface area (Å²) >= 11 is 0. The van der Waals surface area contributed by atoms with Crippen LogP contribution in [0.1, 0.15) is 36.5 Å². The molecule has 0 amide bonds. The second-order valence-corrected chi connectivity index (χ2v) is 6.98. The SMILES string of the molecule is CN1CCN(CCCCC2C=Cc3oc4ccccc4c32)CC1. The first-order chi connectivity index (χ1) is 11.3. The molecule has 1 aromatic heterocycles. The first kappa shape index (κ1) is 15.0. The molecule has 2 heterocycles. The van der Waals surface area contributed by atoms with E-state index in [0.29, 0.717) is 5.92 Å². The first-order valence-electron chi connectivity index (χ1n) is 8.92. The van der Waals surface area contributed by atoms with Gasteiger partial charge in [-0.05, 0) is 38.6 Å². The van der Waals surface area contributed by atoms with E-state index in [0.717, 1.165) is 11.3 Å². The largest absolute Gasteiger partial charge is 0.456 e. The zero-order chi connectivity index (χ0) is 15.6. The van der Waals surface area contributed by atoms with Gasteiger partial charge in [0.05, 0.1) is 0 Å². The number of rotatable bonds is 5. The Kier molecular flexibility index (Phi) is 4.23. The van der Waals surface area contributed by atoms with Crippen LogP contribution in [0.15, 0.2) is 34.8 Å². The van der Waals surface area contributed by atoms with Gasteiger partial charge in [-0.2, -0.15) is 0 Å². The third-order valence-corrected chi connectivity index (χ3v) is 5.35. The van der Waals surface area contributed by atoms with E-state index in [1.807, 2.05) is 0 Å². The molecule has 0 spiro atoms. The number of piperazine rings is 1. The standard InChI is InChI=1S/C20H26N2O/c1-21-12-14-22(15-13-21)11-5-4-6-16-9-10-19-20(16)17-7-2-3-8-18(17)23-19/h2-3,7-10,16H,4-6,11-15H2,1H3. The first-order valence-corrected chi connectivity index (χ1v) is 8.92. The van der Waals surface area contributed by atoms with Gasteiger partial charge in [-0.3, -0.25) is 0 Å². The lowest BCUT2D eigenvalue weighted by atomic mass is 9.95. The van der Waals surface area contributed by atoms with E-state index in [2.05, 4.69) is 53.3 Å². The monoisotopic (exact) mass is 310 g/mol. The molecule has 1 aliphatic carbocycles. The lowest BCUT2D eigenvalue weighted by Crippen LogP contribution is -2.44. The number of fused-ring (bicyclic) bond motifs is 3. The highest BCUT2D eigenvalue weighted by Crippen LogP contribution is 2.40. The van der Waals surface area contributed by atoms with Crippen LogP contribution in [0.4, 0.5) is 0 Å². The van der Waals surface area contributed by atoms with E-state index >= 15 is 0 Å². The molecule has 2 aliphatic rings. The summed E-state index contributed by atoms with van der Waals surface area (Å²) in [5.41, 5.74) is 2.45. The number of furan rings is 1.